The van der Waals surface area contributed by atoms with Gasteiger partial charge in [0.25, 0.3) is 0 Å². The number of benzene rings is 3. The summed E-state index contributed by atoms with van der Waals surface area (Å²) in [6.45, 7) is 6.79. The van der Waals surface area contributed by atoms with E-state index in [0.717, 1.165) is 25.8 Å². The van der Waals surface area contributed by atoms with Gasteiger partial charge in [0.1, 0.15) is 0 Å². The van der Waals surface area contributed by atoms with Crippen LogP contribution in [0.15, 0.2) is 71.6 Å². The molecule has 0 spiro atoms. The van der Waals surface area contributed by atoms with Gasteiger partial charge in [0, 0.05) is 4.90 Å². The molecule has 1 heterocycles. The number of rotatable bonds is 6. The monoisotopic (exact) mass is 432 g/mol. The minimum absolute atomic E-state index is 0.0666. The zero-order valence-electron chi connectivity index (χ0n) is 17.4. The number of hydrogen-bond acceptors (Lipinski definition) is 4. The number of aryl methyl sites for hydroxylation is 3. The molecule has 0 fully saturated rings. The maximum Gasteiger partial charge on any atom is 0.239 e. The second-order valence-electron chi connectivity index (χ2n) is 7.47. The Bertz CT molecular complexity index is 1130. The van der Waals surface area contributed by atoms with E-state index in [1.165, 1.54) is 16.7 Å². The molecule has 5 heteroatoms. The van der Waals surface area contributed by atoms with Crippen LogP contribution in [-0.4, -0.2) is 16.6 Å². The topological polar surface area (TPSA) is 33.2 Å². The number of thiazole rings is 1. The van der Waals surface area contributed by atoms with Crippen molar-refractivity contribution in [2.75, 3.05) is 10.7 Å². The molecule has 0 unspecified atom stereocenters. The van der Waals surface area contributed by atoms with Gasteiger partial charge in [-0.15, -0.1) is 11.8 Å². The first kappa shape index (κ1) is 20.6. The molecule has 0 bridgehead atoms. The number of carbonyl (C=O) groups is 1. The molecule has 1 amide bonds. The zero-order valence-corrected chi connectivity index (χ0v) is 19.0. The standard InChI is InChI=1S/C25H24N2OS2/c1-17-9-11-21(12-10-17)29-16-24(28)27(15-20-7-5-4-6-8-20)25-26-22-13-18(2)19(3)14-23(22)30-25/h4-14H,15-16H2,1-3H3. The van der Waals surface area contributed by atoms with Gasteiger partial charge >= 0.3 is 0 Å². The molecule has 0 saturated carbocycles. The van der Waals surface area contributed by atoms with Gasteiger partial charge in [0.15, 0.2) is 5.13 Å². The maximum atomic E-state index is 13.3. The van der Waals surface area contributed by atoms with Crippen molar-refractivity contribution in [3.8, 4) is 0 Å². The summed E-state index contributed by atoms with van der Waals surface area (Å²) in [5.74, 6) is 0.445. The summed E-state index contributed by atoms with van der Waals surface area (Å²) in [7, 11) is 0. The van der Waals surface area contributed by atoms with E-state index in [-0.39, 0.29) is 5.91 Å². The lowest BCUT2D eigenvalue weighted by atomic mass is 10.1. The van der Waals surface area contributed by atoms with E-state index in [1.54, 1.807) is 23.1 Å². The van der Waals surface area contributed by atoms with Gasteiger partial charge in [-0.1, -0.05) is 59.4 Å². The Labute approximate surface area is 185 Å². The molecular weight excluding hydrogens is 408 g/mol. The van der Waals surface area contributed by atoms with Gasteiger partial charge in [-0.3, -0.25) is 9.69 Å². The van der Waals surface area contributed by atoms with Crippen LogP contribution in [0, 0.1) is 20.8 Å². The first-order chi connectivity index (χ1) is 14.5. The summed E-state index contributed by atoms with van der Waals surface area (Å²) >= 11 is 3.15. The molecule has 0 radical (unpaired) electrons. The Morgan fingerprint density at radius 2 is 1.67 bits per heavy atom. The number of hydrogen-bond donors (Lipinski definition) is 0. The smallest absolute Gasteiger partial charge is 0.239 e. The molecule has 3 aromatic carbocycles. The lowest BCUT2D eigenvalue weighted by Gasteiger charge is -2.20. The third-order valence-electron chi connectivity index (χ3n) is 5.09. The van der Waals surface area contributed by atoms with Crippen LogP contribution in [0.5, 0.6) is 0 Å². The second kappa shape index (κ2) is 9.02. The van der Waals surface area contributed by atoms with Crippen LogP contribution in [0.25, 0.3) is 10.2 Å². The average Bonchev–Trinajstić information content (AvgIpc) is 3.14. The fourth-order valence-electron chi connectivity index (χ4n) is 3.17. The predicted molar refractivity (Wildman–Crippen MR) is 129 cm³/mol. The Morgan fingerprint density at radius 3 is 2.40 bits per heavy atom. The van der Waals surface area contributed by atoms with E-state index in [4.69, 9.17) is 4.98 Å². The molecule has 0 aliphatic rings. The molecule has 0 saturated heterocycles. The Hall–Kier alpha value is -2.63. The van der Waals surface area contributed by atoms with Crippen molar-refractivity contribution in [2.24, 2.45) is 0 Å². The highest BCUT2D eigenvalue weighted by Gasteiger charge is 2.20. The van der Waals surface area contributed by atoms with Crippen molar-refractivity contribution < 1.29 is 4.79 Å². The molecule has 0 atom stereocenters. The SMILES string of the molecule is Cc1ccc(SCC(=O)N(Cc2ccccc2)c2nc3cc(C)c(C)cc3s2)cc1. The van der Waals surface area contributed by atoms with Crippen LogP contribution in [0.2, 0.25) is 0 Å². The number of aromatic nitrogens is 1. The summed E-state index contributed by atoms with van der Waals surface area (Å²) in [6.07, 6.45) is 0. The van der Waals surface area contributed by atoms with E-state index in [2.05, 4.69) is 69.3 Å². The molecule has 0 aliphatic carbocycles. The summed E-state index contributed by atoms with van der Waals surface area (Å²) in [4.78, 5) is 21.0. The highest BCUT2D eigenvalue weighted by atomic mass is 32.2. The van der Waals surface area contributed by atoms with Gasteiger partial charge in [-0.05, 0) is 61.7 Å². The molecule has 30 heavy (non-hydrogen) atoms. The minimum Gasteiger partial charge on any atom is -0.283 e. The molecule has 0 aliphatic heterocycles. The Kier molecular flexibility index (Phi) is 6.21. The summed E-state index contributed by atoms with van der Waals surface area (Å²) in [5, 5.41) is 0.758. The van der Waals surface area contributed by atoms with Crippen LogP contribution in [0.4, 0.5) is 5.13 Å². The Morgan fingerprint density at radius 1 is 0.967 bits per heavy atom. The lowest BCUT2D eigenvalue weighted by Crippen LogP contribution is -2.31. The number of anilines is 1. The first-order valence-electron chi connectivity index (χ1n) is 9.91. The molecule has 0 N–H and O–H groups in total. The molecule has 1 aromatic heterocycles. The van der Waals surface area contributed by atoms with E-state index in [0.29, 0.717) is 12.3 Å². The quantitative estimate of drug-likeness (QED) is 0.324. The molecular formula is C25H24N2OS2. The highest BCUT2D eigenvalue weighted by molar-refractivity contribution is 8.00. The van der Waals surface area contributed by atoms with Crippen LogP contribution in [-0.2, 0) is 11.3 Å². The van der Waals surface area contributed by atoms with Crippen LogP contribution in [0.3, 0.4) is 0 Å². The summed E-state index contributed by atoms with van der Waals surface area (Å²) in [6, 6.07) is 22.7. The van der Waals surface area contributed by atoms with Crippen molar-refractivity contribution in [3.05, 3.63) is 89.0 Å². The van der Waals surface area contributed by atoms with Crippen molar-refractivity contribution in [1.29, 1.82) is 0 Å². The third-order valence-corrected chi connectivity index (χ3v) is 7.13. The van der Waals surface area contributed by atoms with Crippen molar-refractivity contribution in [1.82, 2.24) is 4.98 Å². The van der Waals surface area contributed by atoms with Gasteiger partial charge in [0.2, 0.25) is 5.91 Å². The number of carbonyl (C=O) groups excluding carboxylic acids is 1. The van der Waals surface area contributed by atoms with Crippen LogP contribution < -0.4 is 4.90 Å². The van der Waals surface area contributed by atoms with Crippen molar-refractivity contribution in [2.45, 2.75) is 32.2 Å². The normalized spacial score (nSPS) is 11.0. The third kappa shape index (κ3) is 4.74. The average molecular weight is 433 g/mol. The van der Waals surface area contributed by atoms with Gasteiger partial charge < -0.3 is 0 Å². The Balaban J connectivity index is 1.62. The summed E-state index contributed by atoms with van der Waals surface area (Å²) < 4.78 is 1.12. The molecule has 4 aromatic rings. The van der Waals surface area contributed by atoms with Crippen molar-refractivity contribution in [3.63, 3.8) is 0 Å². The molecule has 3 nitrogen and oxygen atoms in total. The van der Waals surface area contributed by atoms with E-state index < -0.39 is 0 Å². The maximum absolute atomic E-state index is 13.3. The highest BCUT2D eigenvalue weighted by Crippen LogP contribution is 2.32. The first-order valence-corrected chi connectivity index (χ1v) is 11.7. The molecule has 152 valence electrons. The lowest BCUT2D eigenvalue weighted by molar-refractivity contribution is -0.116. The number of fused-ring (bicyclic) bond motifs is 1. The number of thioether (sulfide) groups is 1. The van der Waals surface area contributed by atoms with E-state index in [1.807, 2.05) is 23.1 Å². The van der Waals surface area contributed by atoms with Gasteiger partial charge in [-0.2, -0.15) is 0 Å². The van der Waals surface area contributed by atoms with E-state index in [9.17, 15) is 4.79 Å². The zero-order chi connectivity index (χ0) is 21.1. The van der Waals surface area contributed by atoms with Gasteiger partial charge in [0.05, 0.1) is 22.5 Å². The largest absolute Gasteiger partial charge is 0.283 e. The van der Waals surface area contributed by atoms with Gasteiger partial charge in [-0.25, -0.2) is 4.98 Å². The number of nitrogens with zero attached hydrogens (tertiary/aromatic N) is 2. The molecule has 4 rings (SSSR count). The fourth-order valence-corrected chi connectivity index (χ4v) is 5.01. The van der Waals surface area contributed by atoms with Crippen molar-refractivity contribution >= 4 is 44.4 Å². The summed E-state index contributed by atoms with van der Waals surface area (Å²) in [5.41, 5.74) is 5.73. The number of amides is 1. The minimum atomic E-state index is 0.0666. The fraction of sp³-hybridized carbons (Fsp3) is 0.200. The predicted octanol–water partition coefficient (Wildman–Crippen LogP) is 6.55. The van der Waals surface area contributed by atoms with Crippen LogP contribution in [0.1, 0.15) is 22.3 Å². The van der Waals surface area contributed by atoms with E-state index >= 15 is 0 Å². The second-order valence-corrected chi connectivity index (χ2v) is 9.53. The van der Waals surface area contributed by atoms with Crippen LogP contribution >= 0.6 is 23.1 Å².